The molecule has 0 aliphatic carbocycles. The Labute approximate surface area is 77.6 Å². The maximum atomic E-state index is 4.29. The van der Waals surface area contributed by atoms with Gasteiger partial charge in [-0.1, -0.05) is 11.8 Å². The van der Waals surface area contributed by atoms with Crippen LogP contribution >= 0.6 is 11.8 Å². The van der Waals surface area contributed by atoms with E-state index in [0.717, 1.165) is 18.1 Å². The molecule has 4 heteroatoms. The molecule has 0 fully saturated rings. The number of nitrogens with zero attached hydrogens (tertiary/aromatic N) is 2. The first-order valence-corrected chi connectivity index (χ1v) is 5.21. The van der Waals surface area contributed by atoms with Crippen LogP contribution in [0.15, 0.2) is 11.4 Å². The van der Waals surface area contributed by atoms with Crippen LogP contribution in [0.5, 0.6) is 0 Å². The second kappa shape index (κ2) is 4.52. The zero-order chi connectivity index (χ0) is 8.97. The van der Waals surface area contributed by atoms with Crippen molar-refractivity contribution in [1.82, 2.24) is 14.9 Å². The largest absolute Gasteiger partial charge is 0.326 e. The number of hydrogen-bond donors (Lipinski definition) is 1. The van der Waals surface area contributed by atoms with Crippen molar-refractivity contribution in [2.45, 2.75) is 11.6 Å². The Bertz CT molecular complexity index is 244. The van der Waals surface area contributed by atoms with Crippen molar-refractivity contribution >= 4 is 11.8 Å². The van der Waals surface area contributed by atoms with Gasteiger partial charge in [-0.3, -0.25) is 0 Å². The number of aromatic nitrogens is 2. The molecule has 0 bridgehead atoms. The molecule has 12 heavy (non-hydrogen) atoms. The molecule has 0 aliphatic heterocycles. The van der Waals surface area contributed by atoms with Crippen LogP contribution in [0.4, 0.5) is 0 Å². The van der Waals surface area contributed by atoms with E-state index in [0.29, 0.717) is 0 Å². The molecular formula is C8H15N3S. The predicted octanol–water partition coefficient (Wildman–Crippen LogP) is 0.904. The highest BCUT2D eigenvalue weighted by Crippen LogP contribution is 2.13. The lowest BCUT2D eigenvalue weighted by molar-refractivity contribution is 0.701. The Balaban J connectivity index is 2.66. The van der Waals surface area contributed by atoms with E-state index >= 15 is 0 Å². The third-order valence-electron chi connectivity index (χ3n) is 1.86. The van der Waals surface area contributed by atoms with Crippen LogP contribution in [0.1, 0.15) is 5.69 Å². The third kappa shape index (κ3) is 2.01. The average molecular weight is 185 g/mol. The van der Waals surface area contributed by atoms with Gasteiger partial charge in [-0.05, 0) is 13.3 Å². The standard InChI is InChI=1S/C8H15N3S/c1-9-5-4-7-6-10-8(12-3)11(7)2/h6,9H,4-5H2,1-3H3. The van der Waals surface area contributed by atoms with Crippen molar-refractivity contribution in [3.8, 4) is 0 Å². The predicted molar refractivity (Wildman–Crippen MR) is 52.6 cm³/mol. The summed E-state index contributed by atoms with van der Waals surface area (Å²) in [5, 5.41) is 4.21. The molecule has 1 rings (SSSR count). The van der Waals surface area contributed by atoms with Gasteiger partial charge >= 0.3 is 0 Å². The van der Waals surface area contributed by atoms with E-state index in [4.69, 9.17) is 0 Å². The summed E-state index contributed by atoms with van der Waals surface area (Å²) in [5.41, 5.74) is 1.29. The Hall–Kier alpha value is -0.480. The Morgan fingerprint density at radius 3 is 2.92 bits per heavy atom. The van der Waals surface area contributed by atoms with Crippen molar-refractivity contribution in [3.05, 3.63) is 11.9 Å². The Morgan fingerprint density at radius 2 is 2.42 bits per heavy atom. The summed E-state index contributed by atoms with van der Waals surface area (Å²) in [6.45, 7) is 1.01. The fraction of sp³-hybridized carbons (Fsp3) is 0.625. The van der Waals surface area contributed by atoms with Gasteiger partial charge in [-0.2, -0.15) is 0 Å². The Morgan fingerprint density at radius 1 is 1.67 bits per heavy atom. The number of likely N-dealkylation sites (N-methyl/N-ethyl adjacent to an activating group) is 1. The summed E-state index contributed by atoms with van der Waals surface area (Å²) < 4.78 is 2.14. The third-order valence-corrected chi connectivity index (χ3v) is 2.60. The highest BCUT2D eigenvalue weighted by molar-refractivity contribution is 7.98. The first kappa shape index (κ1) is 9.61. The lowest BCUT2D eigenvalue weighted by atomic mass is 10.3. The van der Waals surface area contributed by atoms with E-state index in [2.05, 4.69) is 21.9 Å². The number of imidazole rings is 1. The zero-order valence-corrected chi connectivity index (χ0v) is 8.61. The second-order valence-electron chi connectivity index (χ2n) is 2.65. The first-order chi connectivity index (χ1) is 5.79. The lowest BCUT2D eigenvalue weighted by Crippen LogP contribution is -2.12. The van der Waals surface area contributed by atoms with E-state index in [1.165, 1.54) is 5.69 Å². The second-order valence-corrected chi connectivity index (χ2v) is 3.42. The van der Waals surface area contributed by atoms with Crippen molar-refractivity contribution in [2.24, 2.45) is 7.05 Å². The molecule has 0 saturated carbocycles. The maximum absolute atomic E-state index is 4.29. The van der Waals surface area contributed by atoms with Gasteiger partial charge in [-0.15, -0.1) is 0 Å². The normalized spacial score (nSPS) is 10.6. The minimum Gasteiger partial charge on any atom is -0.326 e. The van der Waals surface area contributed by atoms with Gasteiger partial charge in [0.1, 0.15) is 0 Å². The molecule has 0 aromatic carbocycles. The van der Waals surface area contributed by atoms with Crippen molar-refractivity contribution < 1.29 is 0 Å². The summed E-state index contributed by atoms with van der Waals surface area (Å²) in [5.74, 6) is 0. The summed E-state index contributed by atoms with van der Waals surface area (Å²) in [6, 6.07) is 0. The molecule has 1 heterocycles. The zero-order valence-electron chi connectivity index (χ0n) is 7.79. The van der Waals surface area contributed by atoms with E-state index < -0.39 is 0 Å². The van der Waals surface area contributed by atoms with Crippen LogP contribution in [0.3, 0.4) is 0 Å². The smallest absolute Gasteiger partial charge is 0.167 e. The molecule has 1 aromatic rings. The molecule has 1 N–H and O–H groups in total. The quantitative estimate of drug-likeness (QED) is 0.707. The molecule has 1 aromatic heterocycles. The van der Waals surface area contributed by atoms with Crippen LogP contribution in [0.25, 0.3) is 0 Å². The van der Waals surface area contributed by atoms with Gasteiger partial charge in [0, 0.05) is 31.9 Å². The highest BCUT2D eigenvalue weighted by atomic mass is 32.2. The van der Waals surface area contributed by atoms with Crippen LogP contribution < -0.4 is 5.32 Å². The molecule has 0 saturated heterocycles. The lowest BCUT2D eigenvalue weighted by Gasteiger charge is -2.02. The van der Waals surface area contributed by atoms with Crippen LogP contribution in [0, 0.1) is 0 Å². The first-order valence-electron chi connectivity index (χ1n) is 3.98. The van der Waals surface area contributed by atoms with Gasteiger partial charge in [-0.25, -0.2) is 4.98 Å². The minimum absolute atomic E-state index is 1.01. The van der Waals surface area contributed by atoms with E-state index in [1.54, 1.807) is 11.8 Å². The van der Waals surface area contributed by atoms with Gasteiger partial charge in [0.25, 0.3) is 0 Å². The fourth-order valence-corrected chi connectivity index (χ4v) is 1.65. The molecular weight excluding hydrogens is 170 g/mol. The van der Waals surface area contributed by atoms with E-state index in [1.807, 2.05) is 19.5 Å². The number of thioether (sulfide) groups is 1. The topological polar surface area (TPSA) is 29.9 Å². The maximum Gasteiger partial charge on any atom is 0.167 e. The number of rotatable bonds is 4. The monoisotopic (exact) mass is 185 g/mol. The van der Waals surface area contributed by atoms with E-state index in [-0.39, 0.29) is 0 Å². The molecule has 68 valence electrons. The summed E-state index contributed by atoms with van der Waals surface area (Å²) in [4.78, 5) is 4.29. The van der Waals surface area contributed by atoms with Gasteiger partial charge in [0.15, 0.2) is 5.16 Å². The van der Waals surface area contributed by atoms with Gasteiger partial charge in [0.05, 0.1) is 0 Å². The van der Waals surface area contributed by atoms with Crippen LogP contribution in [-0.4, -0.2) is 29.4 Å². The van der Waals surface area contributed by atoms with Crippen molar-refractivity contribution in [1.29, 1.82) is 0 Å². The highest BCUT2D eigenvalue weighted by Gasteiger charge is 2.03. The number of nitrogens with one attached hydrogen (secondary N) is 1. The summed E-state index contributed by atoms with van der Waals surface area (Å²) in [7, 11) is 4.02. The summed E-state index contributed by atoms with van der Waals surface area (Å²) >= 11 is 1.68. The van der Waals surface area contributed by atoms with Gasteiger partial charge < -0.3 is 9.88 Å². The SMILES string of the molecule is CNCCc1cnc(SC)n1C. The number of hydrogen-bond acceptors (Lipinski definition) is 3. The fourth-order valence-electron chi connectivity index (χ4n) is 1.10. The minimum atomic E-state index is 1.01. The molecule has 0 amide bonds. The molecule has 3 nitrogen and oxygen atoms in total. The molecule has 0 aliphatic rings. The van der Waals surface area contributed by atoms with Crippen molar-refractivity contribution in [2.75, 3.05) is 19.8 Å². The Kier molecular flexibility index (Phi) is 3.62. The molecule has 0 radical (unpaired) electrons. The van der Waals surface area contributed by atoms with E-state index in [9.17, 15) is 0 Å². The van der Waals surface area contributed by atoms with Crippen LogP contribution in [0.2, 0.25) is 0 Å². The molecule has 0 atom stereocenters. The van der Waals surface area contributed by atoms with Crippen LogP contribution in [-0.2, 0) is 13.5 Å². The molecule has 0 unspecified atom stereocenters. The van der Waals surface area contributed by atoms with Gasteiger partial charge in [0.2, 0.25) is 0 Å². The molecule has 0 spiro atoms. The summed E-state index contributed by atoms with van der Waals surface area (Å²) in [6.07, 6.45) is 5.04. The average Bonchev–Trinajstić information content (AvgIpc) is 2.43. The van der Waals surface area contributed by atoms with Crippen molar-refractivity contribution in [3.63, 3.8) is 0 Å².